The van der Waals surface area contributed by atoms with E-state index in [2.05, 4.69) is 36.2 Å². The van der Waals surface area contributed by atoms with Crippen LogP contribution in [0.5, 0.6) is 0 Å². The van der Waals surface area contributed by atoms with Crippen molar-refractivity contribution in [3.63, 3.8) is 0 Å². The molecule has 4 amide bonds. The first kappa shape index (κ1) is 46.3. The lowest BCUT2D eigenvalue weighted by Crippen LogP contribution is -2.34. The zero-order chi connectivity index (χ0) is 43.2. The standard InChI is InChI=1S/C37H51N7O14/c1-9-53-32(49)26-24(14-16-38-34(51)57-36(3,4)5)55-30(43-26)22(18-45)41-28(47)20-12-11-13-21(40-20)29(48)42-23(19-46)31-44-27(33(50)54-10-2)25(56-31)15-17-39-35(52)58-37(6,7)8/h11-13,22-23,45-46H,9-10,14-19H2,1-8H3,(H,38,51)(H,39,52)(H,41,47)(H,42,48). The van der Waals surface area contributed by atoms with Gasteiger partial charge in [-0.3, -0.25) is 9.59 Å². The summed E-state index contributed by atoms with van der Waals surface area (Å²) in [5.41, 5.74) is -2.48. The van der Waals surface area contributed by atoms with Gasteiger partial charge < -0.3 is 59.3 Å². The molecular weight excluding hydrogens is 766 g/mol. The number of hydrogen-bond acceptors (Lipinski definition) is 17. The Labute approximate surface area is 333 Å². The number of nitrogens with zero attached hydrogens (tertiary/aromatic N) is 3. The van der Waals surface area contributed by atoms with Crippen LogP contribution in [0.2, 0.25) is 0 Å². The maximum Gasteiger partial charge on any atom is 0.407 e. The van der Waals surface area contributed by atoms with Crippen LogP contribution in [0.1, 0.15) is 133 Å². The lowest BCUT2D eigenvalue weighted by molar-refractivity contribution is 0.0504. The number of amides is 4. The Kier molecular flexibility index (Phi) is 16.7. The van der Waals surface area contributed by atoms with Gasteiger partial charge in [0.05, 0.1) is 26.4 Å². The number of ether oxygens (including phenoxy) is 4. The van der Waals surface area contributed by atoms with Crippen LogP contribution in [0, 0.1) is 0 Å². The smallest absolute Gasteiger partial charge is 0.407 e. The number of nitrogens with one attached hydrogen (secondary N) is 4. The molecule has 0 bridgehead atoms. The Morgan fingerprint density at radius 3 is 1.36 bits per heavy atom. The van der Waals surface area contributed by atoms with E-state index >= 15 is 0 Å². The molecule has 0 aliphatic heterocycles. The summed E-state index contributed by atoms with van der Waals surface area (Å²) in [6, 6.07) is 1.35. The predicted molar refractivity (Wildman–Crippen MR) is 200 cm³/mol. The minimum Gasteiger partial charge on any atom is -0.461 e. The van der Waals surface area contributed by atoms with E-state index in [1.54, 1.807) is 55.4 Å². The summed E-state index contributed by atoms with van der Waals surface area (Å²) >= 11 is 0. The van der Waals surface area contributed by atoms with E-state index in [0.717, 1.165) is 0 Å². The highest BCUT2D eigenvalue weighted by Crippen LogP contribution is 2.22. The topological polar surface area (TPSA) is 293 Å². The minimum absolute atomic E-state index is 0.0115. The quantitative estimate of drug-likeness (QED) is 0.0794. The van der Waals surface area contributed by atoms with E-state index in [1.165, 1.54) is 18.2 Å². The maximum atomic E-state index is 13.3. The number of oxazole rings is 2. The van der Waals surface area contributed by atoms with Gasteiger partial charge in [0.2, 0.25) is 11.8 Å². The molecular formula is C37H51N7O14. The van der Waals surface area contributed by atoms with E-state index in [9.17, 15) is 39.0 Å². The fraction of sp³-hybridized carbons (Fsp3) is 0.541. The fourth-order valence-electron chi connectivity index (χ4n) is 4.80. The summed E-state index contributed by atoms with van der Waals surface area (Å²) in [6.45, 7) is 11.9. The maximum absolute atomic E-state index is 13.3. The Hall–Kier alpha value is -6.09. The van der Waals surface area contributed by atoms with Crippen molar-refractivity contribution in [1.82, 2.24) is 36.2 Å². The van der Waals surface area contributed by atoms with Gasteiger partial charge in [-0.2, -0.15) is 0 Å². The number of hydrogen-bond donors (Lipinski definition) is 6. The molecule has 3 aromatic heterocycles. The molecule has 3 aromatic rings. The van der Waals surface area contributed by atoms with Crippen LogP contribution in [-0.4, -0.2) is 112 Å². The Balaban J connectivity index is 1.76. The number of aliphatic hydroxyl groups excluding tert-OH is 2. The second-order valence-electron chi connectivity index (χ2n) is 14.3. The fourth-order valence-corrected chi connectivity index (χ4v) is 4.80. The molecule has 21 nitrogen and oxygen atoms in total. The van der Waals surface area contributed by atoms with Crippen molar-refractivity contribution in [2.45, 2.75) is 91.5 Å². The second kappa shape index (κ2) is 20.9. The van der Waals surface area contributed by atoms with Crippen LogP contribution in [0.3, 0.4) is 0 Å². The second-order valence-corrected chi connectivity index (χ2v) is 14.3. The third kappa shape index (κ3) is 14.1. The van der Waals surface area contributed by atoms with E-state index in [-0.39, 0.29) is 85.2 Å². The predicted octanol–water partition coefficient (Wildman–Crippen LogP) is 2.47. The third-order valence-corrected chi connectivity index (χ3v) is 7.19. The average Bonchev–Trinajstić information content (AvgIpc) is 3.76. The molecule has 0 spiro atoms. The average molecular weight is 818 g/mol. The van der Waals surface area contributed by atoms with E-state index in [4.69, 9.17) is 27.8 Å². The highest BCUT2D eigenvalue weighted by Gasteiger charge is 2.30. The van der Waals surface area contributed by atoms with Crippen LogP contribution >= 0.6 is 0 Å². The Bertz CT molecular complexity index is 1780. The zero-order valence-corrected chi connectivity index (χ0v) is 33.7. The SMILES string of the molecule is CCOC(=O)c1nc(C(CO)NC(=O)c2cccc(C(=O)NC(CO)c3nc(C(=O)OCC)c(CCNC(=O)OC(C)(C)C)o3)n2)oc1CCNC(=O)OC(C)(C)C. The van der Waals surface area contributed by atoms with Crippen LogP contribution < -0.4 is 21.3 Å². The summed E-state index contributed by atoms with van der Waals surface area (Å²) in [5.74, 6) is -3.88. The Morgan fingerprint density at radius 2 is 1.03 bits per heavy atom. The molecule has 0 fully saturated rings. The number of carbonyl (C=O) groups is 6. The number of carbonyl (C=O) groups excluding carboxylic acids is 6. The van der Waals surface area contributed by atoms with Crippen LogP contribution in [0.4, 0.5) is 9.59 Å². The van der Waals surface area contributed by atoms with Gasteiger partial charge in [0.25, 0.3) is 11.8 Å². The summed E-state index contributed by atoms with van der Waals surface area (Å²) in [4.78, 5) is 88.6. The van der Waals surface area contributed by atoms with Crippen molar-refractivity contribution in [3.05, 3.63) is 64.3 Å². The van der Waals surface area contributed by atoms with Crippen molar-refractivity contribution in [1.29, 1.82) is 0 Å². The van der Waals surface area contributed by atoms with Crippen molar-refractivity contribution < 1.29 is 66.8 Å². The molecule has 3 rings (SSSR count). The number of rotatable bonds is 18. The number of pyridine rings is 1. The van der Waals surface area contributed by atoms with Crippen molar-refractivity contribution in [2.24, 2.45) is 0 Å². The molecule has 0 radical (unpaired) electrons. The van der Waals surface area contributed by atoms with Crippen molar-refractivity contribution in [2.75, 3.05) is 39.5 Å². The molecule has 2 unspecified atom stereocenters. The van der Waals surface area contributed by atoms with E-state index < -0.39 is 72.4 Å². The molecule has 21 heteroatoms. The van der Waals surface area contributed by atoms with Crippen LogP contribution in [-0.2, 0) is 31.8 Å². The zero-order valence-electron chi connectivity index (χ0n) is 33.7. The molecule has 0 saturated heterocycles. The third-order valence-electron chi connectivity index (χ3n) is 7.19. The van der Waals surface area contributed by atoms with Gasteiger partial charge in [-0.25, -0.2) is 34.1 Å². The summed E-state index contributed by atoms with van der Waals surface area (Å²) in [5, 5.41) is 30.4. The van der Waals surface area contributed by atoms with Crippen LogP contribution in [0.15, 0.2) is 27.0 Å². The summed E-state index contributed by atoms with van der Waals surface area (Å²) < 4.78 is 32.0. The molecule has 0 aliphatic rings. The first-order valence-electron chi connectivity index (χ1n) is 18.4. The van der Waals surface area contributed by atoms with E-state index in [1.807, 2.05) is 0 Å². The van der Waals surface area contributed by atoms with Gasteiger partial charge in [0.1, 0.15) is 46.2 Å². The molecule has 0 saturated carbocycles. The monoisotopic (exact) mass is 817 g/mol. The minimum atomic E-state index is -1.29. The largest absolute Gasteiger partial charge is 0.461 e. The number of aromatic nitrogens is 3. The summed E-state index contributed by atoms with van der Waals surface area (Å²) in [6.07, 6.45) is -1.44. The van der Waals surface area contributed by atoms with Gasteiger partial charge in [-0.15, -0.1) is 0 Å². The van der Waals surface area contributed by atoms with Gasteiger partial charge in [-0.1, -0.05) is 6.07 Å². The van der Waals surface area contributed by atoms with Gasteiger partial charge in [0.15, 0.2) is 11.4 Å². The number of aliphatic hydroxyl groups is 2. The van der Waals surface area contributed by atoms with Gasteiger partial charge >= 0.3 is 24.1 Å². The molecule has 58 heavy (non-hydrogen) atoms. The molecule has 0 aromatic carbocycles. The normalized spacial score (nSPS) is 12.4. The first-order chi connectivity index (χ1) is 27.3. The Morgan fingerprint density at radius 1 is 0.655 bits per heavy atom. The molecule has 2 atom stereocenters. The van der Waals surface area contributed by atoms with Crippen molar-refractivity contribution >= 4 is 35.9 Å². The lowest BCUT2D eigenvalue weighted by atomic mass is 10.2. The van der Waals surface area contributed by atoms with E-state index in [0.29, 0.717) is 0 Å². The molecule has 318 valence electrons. The molecule has 6 N–H and O–H groups in total. The molecule has 0 aliphatic carbocycles. The first-order valence-corrected chi connectivity index (χ1v) is 18.4. The van der Waals surface area contributed by atoms with Crippen molar-refractivity contribution in [3.8, 4) is 0 Å². The number of esters is 2. The number of alkyl carbamates (subject to hydrolysis) is 2. The van der Waals surface area contributed by atoms with Crippen LogP contribution in [0.25, 0.3) is 0 Å². The lowest BCUT2D eigenvalue weighted by Gasteiger charge is -2.19. The highest BCUT2D eigenvalue weighted by atomic mass is 16.6. The van der Waals surface area contributed by atoms with Gasteiger partial charge in [0, 0.05) is 25.9 Å². The molecule has 3 heterocycles. The van der Waals surface area contributed by atoms with Gasteiger partial charge in [-0.05, 0) is 67.5 Å². The summed E-state index contributed by atoms with van der Waals surface area (Å²) in [7, 11) is 0. The highest BCUT2D eigenvalue weighted by molar-refractivity contribution is 5.96.